The largest absolute Gasteiger partial charge is 0.304 e. The van der Waals surface area contributed by atoms with Gasteiger partial charge in [-0.3, -0.25) is 19.3 Å². The number of carbonyl (C=O) groups is 2. The second-order valence-corrected chi connectivity index (χ2v) is 16.1. The Morgan fingerprint density at radius 2 is 1.16 bits per heavy atom. The lowest BCUT2D eigenvalue weighted by molar-refractivity contribution is -0.118. The Labute approximate surface area is 294 Å². The molecule has 1 aromatic heterocycles. The Morgan fingerprint density at radius 3 is 1.50 bits per heavy atom. The maximum atomic E-state index is 14.7. The van der Waals surface area contributed by atoms with Gasteiger partial charge in [0, 0.05) is 23.9 Å². The van der Waals surface area contributed by atoms with Gasteiger partial charge in [0.15, 0.2) is 9.92 Å². The summed E-state index contributed by atoms with van der Waals surface area (Å²) in [6.07, 6.45) is -4.70. The minimum atomic E-state index is -3.97. The molecule has 0 spiro atoms. The normalized spacial score (nSPS) is 13.3. The van der Waals surface area contributed by atoms with Crippen molar-refractivity contribution < 1.29 is 31.4 Å². The monoisotopic (exact) mass is 718 g/mol. The number of aromatic nitrogens is 1. The lowest BCUT2D eigenvalue weighted by atomic mass is 9.85. The van der Waals surface area contributed by atoms with E-state index in [4.69, 9.17) is 0 Å². The second kappa shape index (κ2) is 17.0. The summed E-state index contributed by atoms with van der Waals surface area (Å²) >= 11 is 0. The van der Waals surface area contributed by atoms with Gasteiger partial charge >= 0.3 is 0 Å². The van der Waals surface area contributed by atoms with E-state index in [2.05, 4.69) is 14.1 Å². The quantitative estimate of drug-likeness (QED) is 0.168. The summed E-state index contributed by atoms with van der Waals surface area (Å²) in [5.74, 6) is -2.32. The van der Waals surface area contributed by atoms with Crippen molar-refractivity contribution in [2.45, 2.75) is 116 Å². The number of nitrogens with one attached hydrogen (secondary N) is 1. The van der Waals surface area contributed by atoms with Gasteiger partial charge in [-0.2, -0.15) is 0 Å². The maximum Gasteiger partial charge on any atom is 0.263 e. The van der Waals surface area contributed by atoms with Crippen molar-refractivity contribution in [1.82, 2.24) is 14.6 Å². The highest BCUT2D eigenvalue weighted by molar-refractivity contribution is 7.92. The van der Waals surface area contributed by atoms with Gasteiger partial charge < -0.3 is 4.90 Å². The summed E-state index contributed by atoms with van der Waals surface area (Å²) < 4.78 is 76.6. The molecule has 2 aromatic carbocycles. The van der Waals surface area contributed by atoms with Gasteiger partial charge in [-0.15, -0.1) is 4.36 Å². The van der Waals surface area contributed by atoms with Crippen LogP contribution in [0.15, 0.2) is 51.9 Å². The smallest absolute Gasteiger partial charge is 0.263 e. The standard InChI is InChI=1S/C38H50F4N4O3S/c1-21(2)29-13-25(37(39)40)14-30(22(3)4)33(29)17-35(47)44-50(49,28-12-11-27(43-19-28)20-46(9)10)45-36(48)18-34-31(23(5)6)15-26(38(41)42)16-32(34)24(7)8/h11-16,19,21-24,37-38H,17-18,20H2,1-10H3,(H,44,45,47,48,49). The van der Waals surface area contributed by atoms with Crippen molar-refractivity contribution in [2.75, 3.05) is 14.1 Å². The number of rotatable bonds is 14. The van der Waals surface area contributed by atoms with Crippen LogP contribution in [0.25, 0.3) is 0 Å². The van der Waals surface area contributed by atoms with E-state index in [1.54, 1.807) is 6.07 Å². The van der Waals surface area contributed by atoms with Crippen molar-refractivity contribution in [2.24, 2.45) is 4.36 Å². The van der Waals surface area contributed by atoms with Gasteiger partial charge in [-0.1, -0.05) is 55.4 Å². The van der Waals surface area contributed by atoms with Crippen LogP contribution in [-0.2, 0) is 38.9 Å². The average Bonchev–Trinajstić information content (AvgIpc) is 3.00. The van der Waals surface area contributed by atoms with Crippen LogP contribution in [0.2, 0.25) is 0 Å². The molecule has 0 aliphatic heterocycles. The fraction of sp³-hybridized carbons (Fsp3) is 0.500. The number of pyridine rings is 1. The molecule has 2 amide bonds. The van der Waals surface area contributed by atoms with Gasteiger partial charge in [-0.25, -0.2) is 21.8 Å². The summed E-state index contributed by atoms with van der Waals surface area (Å²) in [7, 11) is -0.241. The Balaban J connectivity index is 2.16. The van der Waals surface area contributed by atoms with Crippen molar-refractivity contribution in [3.05, 3.63) is 92.8 Å². The molecule has 12 heteroatoms. The number of alkyl halides is 4. The maximum absolute atomic E-state index is 14.7. The lowest BCUT2D eigenvalue weighted by Gasteiger charge is -2.22. The Morgan fingerprint density at radius 1 is 0.740 bits per heavy atom. The summed E-state index contributed by atoms with van der Waals surface area (Å²) in [6.45, 7) is 15.2. The van der Waals surface area contributed by atoms with E-state index in [1.165, 1.54) is 36.5 Å². The first kappa shape index (κ1) is 40.8. The molecule has 7 nitrogen and oxygen atoms in total. The minimum Gasteiger partial charge on any atom is -0.304 e. The number of benzene rings is 2. The average molecular weight is 719 g/mol. The minimum absolute atomic E-state index is 0.00383. The van der Waals surface area contributed by atoms with E-state index in [0.717, 1.165) is 0 Å². The molecular formula is C38H50F4N4O3S. The molecule has 0 bridgehead atoms. The number of nitrogens with zero attached hydrogens (tertiary/aromatic N) is 3. The van der Waals surface area contributed by atoms with Crippen molar-refractivity contribution in [1.29, 1.82) is 0 Å². The number of hydrogen-bond donors (Lipinski definition) is 1. The van der Waals surface area contributed by atoms with Crippen LogP contribution in [0.3, 0.4) is 0 Å². The fourth-order valence-electron chi connectivity index (χ4n) is 6.01. The molecule has 0 fully saturated rings. The molecule has 274 valence electrons. The zero-order valence-corrected chi connectivity index (χ0v) is 31.4. The Hall–Kier alpha value is -3.64. The van der Waals surface area contributed by atoms with Crippen molar-refractivity contribution in [3.8, 4) is 0 Å². The van der Waals surface area contributed by atoms with Crippen LogP contribution >= 0.6 is 0 Å². The first-order valence-corrected chi connectivity index (χ1v) is 18.3. The van der Waals surface area contributed by atoms with Gasteiger partial charge in [0.05, 0.1) is 23.4 Å². The Kier molecular flexibility index (Phi) is 13.9. The molecule has 50 heavy (non-hydrogen) atoms. The molecule has 0 aliphatic carbocycles. The van der Waals surface area contributed by atoms with E-state index in [-0.39, 0.29) is 52.5 Å². The molecule has 3 aromatic rings. The van der Waals surface area contributed by atoms with E-state index < -0.39 is 34.6 Å². The number of halogens is 4. The van der Waals surface area contributed by atoms with Gasteiger partial charge in [0.2, 0.25) is 5.91 Å². The zero-order chi connectivity index (χ0) is 37.7. The van der Waals surface area contributed by atoms with Crippen LogP contribution in [0, 0.1) is 0 Å². The number of carbonyl (C=O) groups excluding carboxylic acids is 2. The molecule has 0 radical (unpaired) electrons. The topological polar surface area (TPSA) is 91.7 Å². The third-order valence-electron chi connectivity index (χ3n) is 8.42. The highest BCUT2D eigenvalue weighted by atomic mass is 32.2. The fourth-order valence-corrected chi connectivity index (χ4v) is 7.46. The molecule has 1 N–H and O–H groups in total. The summed E-state index contributed by atoms with van der Waals surface area (Å²) in [5.41, 5.74) is 3.73. The third kappa shape index (κ3) is 10.2. The third-order valence-corrected chi connectivity index (χ3v) is 10.3. The second-order valence-electron chi connectivity index (χ2n) is 14.2. The van der Waals surface area contributed by atoms with E-state index in [1.807, 2.05) is 74.4 Å². The lowest BCUT2D eigenvalue weighted by Crippen LogP contribution is -2.33. The molecule has 1 unspecified atom stereocenters. The molecule has 0 saturated heterocycles. The van der Waals surface area contributed by atoms with Crippen LogP contribution in [-0.4, -0.2) is 40.0 Å². The first-order chi connectivity index (χ1) is 23.2. The molecular weight excluding hydrogens is 669 g/mol. The van der Waals surface area contributed by atoms with Crippen LogP contribution in [0.5, 0.6) is 0 Å². The van der Waals surface area contributed by atoms with Gasteiger partial charge in [0.1, 0.15) is 0 Å². The van der Waals surface area contributed by atoms with Gasteiger partial charge in [-0.05, 0) is 108 Å². The zero-order valence-electron chi connectivity index (χ0n) is 30.6. The van der Waals surface area contributed by atoms with Gasteiger partial charge in [0.25, 0.3) is 18.8 Å². The SMILES string of the molecule is CC(C)c1cc(C(F)F)cc(C(C)C)c1CC(=O)N=S(=O)(NC(=O)Cc1c(C(C)C)cc(C(F)F)cc1C(C)C)c1ccc(CN(C)C)nc1. The van der Waals surface area contributed by atoms with Crippen molar-refractivity contribution >= 4 is 21.7 Å². The van der Waals surface area contributed by atoms with Crippen LogP contribution in [0.4, 0.5) is 17.6 Å². The highest BCUT2D eigenvalue weighted by Crippen LogP contribution is 2.35. The highest BCUT2D eigenvalue weighted by Gasteiger charge is 2.26. The molecule has 1 heterocycles. The molecule has 3 rings (SSSR count). The first-order valence-electron chi connectivity index (χ1n) is 16.8. The predicted molar refractivity (Wildman–Crippen MR) is 190 cm³/mol. The van der Waals surface area contributed by atoms with E-state index in [0.29, 0.717) is 45.6 Å². The summed E-state index contributed by atoms with van der Waals surface area (Å²) in [4.78, 5) is 33.9. The molecule has 0 saturated carbocycles. The predicted octanol–water partition coefficient (Wildman–Crippen LogP) is 9.38. The van der Waals surface area contributed by atoms with Crippen LogP contribution in [0.1, 0.15) is 142 Å². The summed E-state index contributed by atoms with van der Waals surface area (Å²) in [5, 5.41) is 0. The number of hydrogen-bond acceptors (Lipinski definition) is 5. The number of amides is 2. The Bertz CT molecular complexity index is 1740. The van der Waals surface area contributed by atoms with E-state index >= 15 is 0 Å². The molecule has 1 atom stereocenters. The van der Waals surface area contributed by atoms with Crippen molar-refractivity contribution in [3.63, 3.8) is 0 Å². The van der Waals surface area contributed by atoms with E-state index in [9.17, 15) is 31.4 Å². The van der Waals surface area contributed by atoms with Crippen LogP contribution < -0.4 is 4.72 Å². The summed E-state index contributed by atoms with van der Waals surface area (Å²) in [6, 6.07) is 8.73. The molecule has 0 aliphatic rings.